The molecule has 0 saturated heterocycles. The van der Waals surface area contributed by atoms with E-state index in [4.69, 9.17) is 11.6 Å². The first-order valence-electron chi connectivity index (χ1n) is 5.72. The summed E-state index contributed by atoms with van der Waals surface area (Å²) in [6, 6.07) is 4.15. The van der Waals surface area contributed by atoms with E-state index in [0.29, 0.717) is 23.4 Å². The average molecular weight is 261 g/mol. The Morgan fingerprint density at radius 3 is 2.47 bits per heavy atom. The average Bonchev–Trinajstić information content (AvgIpc) is 2.33. The largest absolute Gasteiger partial charge is 0.396 e. The van der Waals surface area contributed by atoms with E-state index in [1.165, 1.54) is 18.2 Å². The van der Waals surface area contributed by atoms with E-state index in [-0.39, 0.29) is 19.0 Å². The zero-order valence-electron chi connectivity index (χ0n) is 9.92. The monoisotopic (exact) mass is 260 g/mol. The number of aliphatic hydroxyl groups excluding tert-OH is 2. The maximum Gasteiger partial charge on any atom is 0.123 e. The highest BCUT2D eigenvalue weighted by Crippen LogP contribution is 2.31. The molecule has 1 aromatic rings. The van der Waals surface area contributed by atoms with Gasteiger partial charge in [-0.3, -0.25) is 0 Å². The molecule has 0 aliphatic rings. The van der Waals surface area contributed by atoms with E-state index < -0.39 is 5.41 Å². The lowest BCUT2D eigenvalue weighted by molar-refractivity contribution is 0.0466. The molecule has 0 unspecified atom stereocenters. The van der Waals surface area contributed by atoms with E-state index in [9.17, 15) is 14.6 Å². The van der Waals surface area contributed by atoms with Gasteiger partial charge in [0.2, 0.25) is 0 Å². The van der Waals surface area contributed by atoms with Crippen molar-refractivity contribution >= 4 is 11.6 Å². The van der Waals surface area contributed by atoms with Gasteiger partial charge < -0.3 is 10.2 Å². The van der Waals surface area contributed by atoms with Crippen molar-refractivity contribution in [2.24, 2.45) is 5.41 Å². The fourth-order valence-electron chi connectivity index (χ4n) is 2.02. The molecule has 0 bridgehead atoms. The lowest BCUT2D eigenvalue weighted by Crippen LogP contribution is -2.32. The lowest BCUT2D eigenvalue weighted by Gasteiger charge is -2.29. The predicted octanol–water partition coefficient (Wildman–Crippen LogP) is 2.79. The second kappa shape index (κ2) is 6.34. The standard InChI is InChI=1S/C13H18ClFO2/c1-2-5-13(8-16,9-17)7-10-6-11(15)3-4-12(10)14/h3-4,6,16-17H,2,5,7-9H2,1H3. The first kappa shape index (κ1) is 14.4. The molecule has 0 aliphatic heterocycles. The third-order valence-electron chi connectivity index (χ3n) is 3.02. The van der Waals surface area contributed by atoms with Crippen molar-refractivity contribution in [1.29, 1.82) is 0 Å². The first-order chi connectivity index (χ1) is 8.06. The van der Waals surface area contributed by atoms with Crippen LogP contribution in [0.1, 0.15) is 25.3 Å². The van der Waals surface area contributed by atoms with Crippen LogP contribution >= 0.6 is 11.6 Å². The SMILES string of the molecule is CCCC(CO)(CO)Cc1cc(F)ccc1Cl. The van der Waals surface area contributed by atoms with Gasteiger partial charge in [-0.05, 0) is 36.6 Å². The van der Waals surface area contributed by atoms with Gasteiger partial charge in [-0.25, -0.2) is 4.39 Å². The molecule has 1 aromatic carbocycles. The summed E-state index contributed by atoms with van der Waals surface area (Å²) < 4.78 is 13.1. The van der Waals surface area contributed by atoms with Crippen LogP contribution in [-0.2, 0) is 6.42 Å². The van der Waals surface area contributed by atoms with Crippen LogP contribution in [-0.4, -0.2) is 23.4 Å². The van der Waals surface area contributed by atoms with Crippen LogP contribution in [0.15, 0.2) is 18.2 Å². The molecule has 0 atom stereocenters. The Labute approximate surface area is 106 Å². The molecule has 2 nitrogen and oxygen atoms in total. The van der Waals surface area contributed by atoms with Gasteiger partial charge in [-0.2, -0.15) is 0 Å². The van der Waals surface area contributed by atoms with Crippen LogP contribution in [0.25, 0.3) is 0 Å². The summed E-state index contributed by atoms with van der Waals surface area (Å²) in [7, 11) is 0. The molecule has 96 valence electrons. The maximum absolute atomic E-state index is 13.1. The molecule has 0 aromatic heterocycles. The minimum atomic E-state index is -0.619. The number of rotatable bonds is 6. The summed E-state index contributed by atoms with van der Waals surface area (Å²) in [6.45, 7) is 1.71. The molecule has 1 rings (SSSR count). The van der Waals surface area contributed by atoms with Gasteiger partial charge in [0, 0.05) is 10.4 Å². The van der Waals surface area contributed by atoms with Crippen LogP contribution in [0.3, 0.4) is 0 Å². The summed E-state index contributed by atoms with van der Waals surface area (Å²) in [4.78, 5) is 0. The second-order valence-electron chi connectivity index (χ2n) is 4.48. The van der Waals surface area contributed by atoms with E-state index in [1.807, 2.05) is 6.92 Å². The predicted molar refractivity (Wildman–Crippen MR) is 66.6 cm³/mol. The fraction of sp³-hybridized carbons (Fsp3) is 0.538. The van der Waals surface area contributed by atoms with Crippen molar-refractivity contribution in [3.63, 3.8) is 0 Å². The summed E-state index contributed by atoms with van der Waals surface area (Å²) in [5.74, 6) is -0.356. The highest BCUT2D eigenvalue weighted by Gasteiger charge is 2.29. The number of benzene rings is 1. The Morgan fingerprint density at radius 2 is 1.94 bits per heavy atom. The Hall–Kier alpha value is -0.640. The van der Waals surface area contributed by atoms with Crippen LogP contribution in [0.5, 0.6) is 0 Å². The molecule has 0 heterocycles. The van der Waals surface area contributed by atoms with Crippen molar-refractivity contribution in [1.82, 2.24) is 0 Å². The van der Waals surface area contributed by atoms with Crippen molar-refractivity contribution in [3.05, 3.63) is 34.6 Å². The lowest BCUT2D eigenvalue weighted by atomic mass is 9.79. The highest BCUT2D eigenvalue weighted by molar-refractivity contribution is 6.31. The van der Waals surface area contributed by atoms with Crippen molar-refractivity contribution in [2.45, 2.75) is 26.2 Å². The third-order valence-corrected chi connectivity index (χ3v) is 3.39. The van der Waals surface area contributed by atoms with Gasteiger partial charge in [-0.15, -0.1) is 0 Å². The van der Waals surface area contributed by atoms with Gasteiger partial charge in [0.05, 0.1) is 13.2 Å². The Kier molecular flexibility index (Phi) is 5.37. The van der Waals surface area contributed by atoms with Crippen LogP contribution in [0, 0.1) is 11.2 Å². The van der Waals surface area contributed by atoms with Crippen LogP contribution in [0.2, 0.25) is 5.02 Å². The summed E-state index contributed by atoms with van der Waals surface area (Å²) in [5.41, 5.74) is 0.00911. The minimum Gasteiger partial charge on any atom is -0.396 e. The van der Waals surface area contributed by atoms with E-state index in [0.717, 1.165) is 6.42 Å². The molecule has 0 fully saturated rings. The van der Waals surface area contributed by atoms with E-state index in [2.05, 4.69) is 0 Å². The normalized spacial score (nSPS) is 11.8. The van der Waals surface area contributed by atoms with Crippen molar-refractivity contribution < 1.29 is 14.6 Å². The summed E-state index contributed by atoms with van der Waals surface area (Å²) >= 11 is 5.99. The number of hydrogen-bond acceptors (Lipinski definition) is 2. The van der Waals surface area contributed by atoms with Crippen molar-refractivity contribution in [3.8, 4) is 0 Å². The Bertz CT molecular complexity index is 364. The van der Waals surface area contributed by atoms with Gasteiger partial charge >= 0.3 is 0 Å². The van der Waals surface area contributed by atoms with Crippen LogP contribution < -0.4 is 0 Å². The smallest absolute Gasteiger partial charge is 0.123 e. The molecule has 0 spiro atoms. The number of hydrogen-bond donors (Lipinski definition) is 2. The quantitative estimate of drug-likeness (QED) is 0.826. The van der Waals surface area contributed by atoms with E-state index in [1.54, 1.807) is 0 Å². The number of halogens is 2. The number of aliphatic hydroxyl groups is 2. The first-order valence-corrected chi connectivity index (χ1v) is 6.10. The molecule has 0 aliphatic carbocycles. The Balaban J connectivity index is 2.96. The Morgan fingerprint density at radius 1 is 1.29 bits per heavy atom. The minimum absolute atomic E-state index is 0.135. The summed E-state index contributed by atoms with van der Waals surface area (Å²) in [5, 5.41) is 19.3. The van der Waals surface area contributed by atoms with E-state index >= 15 is 0 Å². The molecule has 0 saturated carbocycles. The zero-order valence-corrected chi connectivity index (χ0v) is 10.7. The fourth-order valence-corrected chi connectivity index (χ4v) is 2.21. The van der Waals surface area contributed by atoms with Gasteiger partial charge in [-0.1, -0.05) is 24.9 Å². The molecular formula is C13H18ClFO2. The molecular weight excluding hydrogens is 243 g/mol. The molecule has 0 amide bonds. The molecule has 0 radical (unpaired) electrons. The van der Waals surface area contributed by atoms with Crippen LogP contribution in [0.4, 0.5) is 4.39 Å². The second-order valence-corrected chi connectivity index (χ2v) is 4.89. The van der Waals surface area contributed by atoms with Gasteiger partial charge in [0.15, 0.2) is 0 Å². The zero-order chi connectivity index (χ0) is 12.9. The summed E-state index contributed by atoms with van der Waals surface area (Å²) in [6.07, 6.45) is 1.89. The topological polar surface area (TPSA) is 40.5 Å². The maximum atomic E-state index is 13.1. The third kappa shape index (κ3) is 3.66. The van der Waals surface area contributed by atoms with Gasteiger partial charge in [0.25, 0.3) is 0 Å². The molecule has 4 heteroatoms. The highest BCUT2D eigenvalue weighted by atomic mass is 35.5. The van der Waals surface area contributed by atoms with Gasteiger partial charge in [0.1, 0.15) is 5.82 Å². The molecule has 2 N–H and O–H groups in total. The van der Waals surface area contributed by atoms with Crippen molar-refractivity contribution in [2.75, 3.05) is 13.2 Å². The molecule has 17 heavy (non-hydrogen) atoms.